The Kier molecular flexibility index (Phi) is 17.3. The lowest BCUT2D eigenvalue weighted by Crippen LogP contribution is -2.10. The van der Waals surface area contributed by atoms with Crippen LogP contribution < -0.4 is 0 Å². The second kappa shape index (κ2) is 17.8. The third-order valence-electron chi connectivity index (χ3n) is 4.55. The van der Waals surface area contributed by atoms with Crippen molar-refractivity contribution >= 4 is 5.97 Å². The Morgan fingerprint density at radius 3 is 1.65 bits per heavy atom. The highest BCUT2D eigenvalue weighted by Crippen LogP contribution is 2.14. The highest BCUT2D eigenvalue weighted by atomic mass is 16.5. The Hall–Kier alpha value is -0.570. The number of rotatable bonds is 17. The molecule has 138 valence electrons. The van der Waals surface area contributed by atoms with Gasteiger partial charge in [0, 0.05) is 6.42 Å². The molecule has 1 N–H and O–H groups in total. The molecule has 0 fully saturated rings. The topological polar surface area (TPSA) is 46.5 Å². The van der Waals surface area contributed by atoms with Gasteiger partial charge in [0.05, 0.1) is 13.2 Å². The summed E-state index contributed by atoms with van der Waals surface area (Å²) in [6, 6.07) is 0. The average Bonchev–Trinajstić information content (AvgIpc) is 2.56. The van der Waals surface area contributed by atoms with E-state index >= 15 is 0 Å². The Bertz CT molecular complexity index is 253. The molecule has 0 aromatic carbocycles. The molecule has 0 aromatic heterocycles. The maximum atomic E-state index is 11.0. The molecule has 0 saturated carbocycles. The van der Waals surface area contributed by atoms with Crippen molar-refractivity contribution in [1.82, 2.24) is 0 Å². The fraction of sp³-hybridized carbons (Fsp3) is 0.950. The van der Waals surface area contributed by atoms with Gasteiger partial charge in [-0.25, -0.2) is 0 Å². The molecule has 0 spiro atoms. The van der Waals surface area contributed by atoms with Crippen LogP contribution in [0.25, 0.3) is 0 Å². The number of carbonyl (C=O) groups is 1. The third kappa shape index (κ3) is 17.6. The smallest absolute Gasteiger partial charge is 0.305 e. The normalized spacial score (nSPS) is 12.3. The molecule has 3 heteroatoms. The molecule has 0 aliphatic rings. The fourth-order valence-corrected chi connectivity index (χ4v) is 2.93. The average molecular weight is 329 g/mol. The van der Waals surface area contributed by atoms with Gasteiger partial charge in [0.25, 0.3) is 0 Å². The number of methoxy groups -OCH3 is 1. The van der Waals surface area contributed by atoms with E-state index in [1.807, 2.05) is 0 Å². The van der Waals surface area contributed by atoms with E-state index in [1.165, 1.54) is 84.2 Å². The predicted molar refractivity (Wildman–Crippen MR) is 97.6 cm³/mol. The van der Waals surface area contributed by atoms with E-state index in [1.54, 1.807) is 0 Å². The molecule has 1 unspecified atom stereocenters. The summed E-state index contributed by atoms with van der Waals surface area (Å²) in [4.78, 5) is 11.0. The molecule has 0 aliphatic carbocycles. The summed E-state index contributed by atoms with van der Waals surface area (Å²) in [6.45, 7) is 2.27. The van der Waals surface area contributed by atoms with Crippen LogP contribution >= 0.6 is 0 Å². The summed E-state index contributed by atoms with van der Waals surface area (Å²) >= 11 is 0. The van der Waals surface area contributed by atoms with Crippen molar-refractivity contribution in [2.75, 3.05) is 7.11 Å². The predicted octanol–water partition coefficient (Wildman–Crippen LogP) is 5.78. The number of aliphatic hydroxyl groups excluding tert-OH is 1. The first kappa shape index (κ1) is 22.4. The van der Waals surface area contributed by atoms with E-state index in [2.05, 4.69) is 11.7 Å². The zero-order valence-corrected chi connectivity index (χ0v) is 15.7. The van der Waals surface area contributed by atoms with Crippen LogP contribution in [0.2, 0.25) is 0 Å². The molecule has 0 rings (SSSR count). The molecule has 3 nitrogen and oxygen atoms in total. The minimum Gasteiger partial charge on any atom is -0.469 e. The summed E-state index contributed by atoms with van der Waals surface area (Å²) < 4.78 is 4.57. The van der Waals surface area contributed by atoms with Crippen LogP contribution in [0.15, 0.2) is 0 Å². The van der Waals surface area contributed by atoms with Crippen LogP contribution in [0.4, 0.5) is 0 Å². The van der Waals surface area contributed by atoms with Crippen molar-refractivity contribution in [1.29, 1.82) is 0 Å². The SMILES string of the molecule is CCCCCCCCCCCCCCCC(O)CCC(=O)OC. The van der Waals surface area contributed by atoms with E-state index < -0.39 is 0 Å². The van der Waals surface area contributed by atoms with Crippen molar-refractivity contribution in [3.63, 3.8) is 0 Å². The Morgan fingerprint density at radius 1 is 0.783 bits per heavy atom. The number of carbonyl (C=O) groups excluding carboxylic acids is 1. The number of esters is 1. The summed E-state index contributed by atoms with van der Waals surface area (Å²) in [6.07, 6.45) is 18.8. The van der Waals surface area contributed by atoms with Gasteiger partial charge in [0.2, 0.25) is 0 Å². The molecule has 1 atom stereocenters. The van der Waals surface area contributed by atoms with Crippen molar-refractivity contribution in [3.05, 3.63) is 0 Å². The van der Waals surface area contributed by atoms with E-state index in [0.717, 1.165) is 12.8 Å². The van der Waals surface area contributed by atoms with Gasteiger partial charge in [-0.1, -0.05) is 90.4 Å². The van der Waals surface area contributed by atoms with Crippen LogP contribution in [-0.2, 0) is 9.53 Å². The highest BCUT2D eigenvalue weighted by Gasteiger charge is 2.07. The van der Waals surface area contributed by atoms with Gasteiger partial charge >= 0.3 is 5.97 Å². The van der Waals surface area contributed by atoms with Crippen molar-refractivity contribution in [2.45, 2.75) is 116 Å². The van der Waals surface area contributed by atoms with Gasteiger partial charge in [-0.2, -0.15) is 0 Å². The maximum Gasteiger partial charge on any atom is 0.305 e. The second-order valence-electron chi connectivity index (χ2n) is 6.80. The van der Waals surface area contributed by atoms with Crippen LogP contribution in [-0.4, -0.2) is 24.3 Å². The summed E-state index contributed by atoms with van der Waals surface area (Å²) in [5.74, 6) is -0.227. The minimum absolute atomic E-state index is 0.227. The summed E-state index contributed by atoms with van der Waals surface area (Å²) in [7, 11) is 1.39. The molecule has 0 radical (unpaired) electrons. The highest BCUT2D eigenvalue weighted by molar-refractivity contribution is 5.69. The van der Waals surface area contributed by atoms with E-state index in [-0.39, 0.29) is 12.1 Å². The number of hydrogen-bond acceptors (Lipinski definition) is 3. The summed E-state index contributed by atoms with van der Waals surface area (Å²) in [5.41, 5.74) is 0. The molecule has 0 saturated heterocycles. The molecular weight excluding hydrogens is 288 g/mol. The Morgan fingerprint density at radius 2 is 1.22 bits per heavy atom. The number of ether oxygens (including phenoxy) is 1. The largest absolute Gasteiger partial charge is 0.469 e. The van der Waals surface area contributed by atoms with Crippen LogP contribution in [0.3, 0.4) is 0 Å². The first-order chi connectivity index (χ1) is 11.2. The molecule has 23 heavy (non-hydrogen) atoms. The number of aliphatic hydroxyl groups is 1. The molecule has 0 heterocycles. The van der Waals surface area contributed by atoms with Gasteiger partial charge in [-0.15, -0.1) is 0 Å². The van der Waals surface area contributed by atoms with Gasteiger partial charge < -0.3 is 9.84 Å². The number of unbranched alkanes of at least 4 members (excludes halogenated alkanes) is 12. The van der Waals surface area contributed by atoms with Crippen molar-refractivity contribution in [3.8, 4) is 0 Å². The Balaban J connectivity index is 3.14. The van der Waals surface area contributed by atoms with E-state index in [4.69, 9.17) is 0 Å². The minimum atomic E-state index is -0.346. The number of hydrogen-bond donors (Lipinski definition) is 1. The van der Waals surface area contributed by atoms with Gasteiger partial charge in [0.15, 0.2) is 0 Å². The van der Waals surface area contributed by atoms with Crippen LogP contribution in [0, 0.1) is 0 Å². The maximum absolute atomic E-state index is 11.0. The molecular formula is C20H40O3. The van der Waals surface area contributed by atoms with Crippen molar-refractivity contribution in [2.24, 2.45) is 0 Å². The van der Waals surface area contributed by atoms with Crippen LogP contribution in [0.1, 0.15) is 110 Å². The van der Waals surface area contributed by atoms with Gasteiger partial charge in [-0.3, -0.25) is 4.79 Å². The first-order valence-corrected chi connectivity index (χ1v) is 9.95. The quantitative estimate of drug-likeness (QED) is 0.272. The summed E-state index contributed by atoms with van der Waals surface area (Å²) in [5, 5.41) is 9.76. The van der Waals surface area contributed by atoms with Crippen LogP contribution in [0.5, 0.6) is 0 Å². The third-order valence-corrected chi connectivity index (χ3v) is 4.55. The zero-order valence-electron chi connectivity index (χ0n) is 15.7. The first-order valence-electron chi connectivity index (χ1n) is 9.95. The van der Waals surface area contributed by atoms with Gasteiger partial charge in [0.1, 0.15) is 0 Å². The fourth-order valence-electron chi connectivity index (χ4n) is 2.93. The van der Waals surface area contributed by atoms with E-state index in [0.29, 0.717) is 12.8 Å². The van der Waals surface area contributed by atoms with Crippen molar-refractivity contribution < 1.29 is 14.6 Å². The Labute approximate surface area is 144 Å². The molecule has 0 aliphatic heterocycles. The monoisotopic (exact) mass is 328 g/mol. The lowest BCUT2D eigenvalue weighted by molar-refractivity contribution is -0.141. The zero-order chi connectivity index (χ0) is 17.2. The molecule has 0 bridgehead atoms. The second-order valence-corrected chi connectivity index (χ2v) is 6.80. The lowest BCUT2D eigenvalue weighted by Gasteiger charge is -2.09. The lowest BCUT2D eigenvalue weighted by atomic mass is 10.0. The molecule has 0 aromatic rings. The van der Waals surface area contributed by atoms with E-state index in [9.17, 15) is 9.90 Å². The standard InChI is InChI=1S/C20H40O3/c1-3-4-5-6-7-8-9-10-11-12-13-14-15-16-19(21)17-18-20(22)23-2/h19,21H,3-18H2,1-2H3. The van der Waals surface area contributed by atoms with Gasteiger partial charge in [-0.05, 0) is 12.8 Å². The molecule has 0 amide bonds.